The van der Waals surface area contributed by atoms with Crippen molar-refractivity contribution in [3.05, 3.63) is 82.2 Å². The van der Waals surface area contributed by atoms with Gasteiger partial charge in [-0.15, -0.1) is 0 Å². The van der Waals surface area contributed by atoms with E-state index in [1.165, 1.54) is 0 Å². The number of hydrogen-bond donors (Lipinski definition) is 0. The highest BCUT2D eigenvalue weighted by molar-refractivity contribution is 9.10. The van der Waals surface area contributed by atoms with Crippen LogP contribution in [0.25, 0.3) is 0 Å². The summed E-state index contributed by atoms with van der Waals surface area (Å²) in [7, 11) is 0. The van der Waals surface area contributed by atoms with Crippen molar-refractivity contribution in [1.29, 1.82) is 0 Å². The van der Waals surface area contributed by atoms with Crippen molar-refractivity contribution in [2.24, 2.45) is 0 Å². The van der Waals surface area contributed by atoms with Crippen LogP contribution in [-0.4, -0.2) is 30.2 Å². The lowest BCUT2D eigenvalue weighted by atomic mass is 9.98. The number of nitrogens with zero attached hydrogens (tertiary/aromatic N) is 7. The van der Waals surface area contributed by atoms with Gasteiger partial charge in [0.25, 0.3) is 5.95 Å². The van der Waals surface area contributed by atoms with Crippen molar-refractivity contribution in [1.82, 2.24) is 30.2 Å². The van der Waals surface area contributed by atoms with Crippen LogP contribution in [0, 0.1) is 6.92 Å². The summed E-state index contributed by atoms with van der Waals surface area (Å²) in [6.07, 6.45) is 3.39. The summed E-state index contributed by atoms with van der Waals surface area (Å²) in [5.41, 5.74) is 4.12. The Morgan fingerprint density at radius 2 is 1.93 bits per heavy atom. The molecule has 1 atom stereocenters. The first kappa shape index (κ1) is 16.1. The quantitative estimate of drug-likeness (QED) is 0.431. The zero-order valence-corrected chi connectivity index (χ0v) is 15.9. The number of benzene rings is 2. The Kier molecular flexibility index (Phi) is 3.71. The van der Waals surface area contributed by atoms with Gasteiger partial charge in [-0.05, 0) is 52.7 Å². The average Bonchev–Trinajstić information content (AvgIpc) is 3.16. The third kappa shape index (κ3) is 2.60. The zero-order valence-electron chi connectivity index (χ0n) is 14.4. The maximum Gasteiger partial charge on any atom is 0.256 e. The fourth-order valence-corrected chi connectivity index (χ4v) is 3.68. The first-order chi connectivity index (χ1) is 13.2. The molecule has 0 saturated heterocycles. The van der Waals surface area contributed by atoms with Crippen molar-refractivity contribution in [2.75, 3.05) is 4.90 Å². The normalized spacial score (nSPS) is 15.3. The van der Waals surface area contributed by atoms with Gasteiger partial charge in [0.15, 0.2) is 0 Å². The number of aromatic nitrogens is 6. The van der Waals surface area contributed by atoms with Crippen molar-refractivity contribution >= 4 is 33.4 Å². The minimum atomic E-state index is -0.194. The summed E-state index contributed by atoms with van der Waals surface area (Å²) in [6.45, 7) is 2.06. The van der Waals surface area contributed by atoms with Crippen LogP contribution in [0.1, 0.15) is 22.7 Å². The predicted octanol–water partition coefficient (Wildman–Crippen LogP) is 3.95. The van der Waals surface area contributed by atoms with Gasteiger partial charge in [0, 0.05) is 16.2 Å². The van der Waals surface area contributed by atoms with Gasteiger partial charge in [-0.1, -0.05) is 45.3 Å². The minimum absolute atomic E-state index is 0.194. The van der Waals surface area contributed by atoms with Crippen LogP contribution in [0.15, 0.2) is 65.5 Å². The number of rotatable bonds is 2. The average molecular weight is 420 g/mol. The SMILES string of the molecule is Cc1cccc(N2c3ncncc3C(c3ccc(Br)cc3)n3nnnc32)c1. The Hall–Kier alpha value is -3.13. The van der Waals surface area contributed by atoms with E-state index < -0.39 is 0 Å². The lowest BCUT2D eigenvalue weighted by Gasteiger charge is -2.33. The second-order valence-electron chi connectivity index (χ2n) is 6.35. The molecule has 0 fully saturated rings. The van der Waals surface area contributed by atoms with Crippen molar-refractivity contribution in [2.45, 2.75) is 13.0 Å². The summed E-state index contributed by atoms with van der Waals surface area (Å²) in [5, 5.41) is 12.5. The van der Waals surface area contributed by atoms with Crippen LogP contribution in [0.4, 0.5) is 17.5 Å². The van der Waals surface area contributed by atoms with Gasteiger partial charge in [0.05, 0.1) is 5.69 Å². The van der Waals surface area contributed by atoms with Gasteiger partial charge >= 0.3 is 0 Å². The summed E-state index contributed by atoms with van der Waals surface area (Å²) >= 11 is 3.49. The first-order valence-corrected chi connectivity index (χ1v) is 9.22. The number of aryl methyl sites for hydroxylation is 1. The molecule has 0 amide bonds. The van der Waals surface area contributed by atoms with Gasteiger partial charge in [0.2, 0.25) is 0 Å². The van der Waals surface area contributed by atoms with E-state index in [0.717, 1.165) is 32.7 Å². The second kappa shape index (κ2) is 6.24. The predicted molar refractivity (Wildman–Crippen MR) is 104 cm³/mol. The van der Waals surface area contributed by atoms with Crippen LogP contribution < -0.4 is 4.90 Å². The van der Waals surface area contributed by atoms with Crippen LogP contribution in [0.2, 0.25) is 0 Å². The molecular formula is C19H14BrN7. The molecule has 0 saturated carbocycles. The Labute approximate surface area is 163 Å². The van der Waals surface area contributed by atoms with Crippen molar-refractivity contribution < 1.29 is 0 Å². The van der Waals surface area contributed by atoms with E-state index in [2.05, 4.69) is 72.6 Å². The number of anilines is 3. The number of hydrogen-bond acceptors (Lipinski definition) is 6. The topological polar surface area (TPSA) is 72.6 Å². The van der Waals surface area contributed by atoms with E-state index in [-0.39, 0.29) is 6.04 Å². The van der Waals surface area contributed by atoms with Gasteiger partial charge < -0.3 is 0 Å². The Morgan fingerprint density at radius 1 is 1.07 bits per heavy atom. The highest BCUT2D eigenvalue weighted by Crippen LogP contribution is 2.44. The summed E-state index contributed by atoms with van der Waals surface area (Å²) in [4.78, 5) is 10.8. The molecule has 27 heavy (non-hydrogen) atoms. The van der Waals surface area contributed by atoms with E-state index in [0.29, 0.717) is 5.95 Å². The number of tetrazole rings is 1. The Morgan fingerprint density at radius 3 is 2.74 bits per heavy atom. The Bertz CT molecular complexity index is 1120. The molecular weight excluding hydrogens is 406 g/mol. The summed E-state index contributed by atoms with van der Waals surface area (Å²) < 4.78 is 2.84. The Balaban J connectivity index is 1.75. The zero-order chi connectivity index (χ0) is 18.4. The monoisotopic (exact) mass is 419 g/mol. The van der Waals surface area contributed by atoms with Gasteiger partial charge in [-0.3, -0.25) is 4.90 Å². The lowest BCUT2D eigenvalue weighted by Crippen LogP contribution is -2.29. The van der Waals surface area contributed by atoms with E-state index in [1.54, 1.807) is 6.33 Å². The molecule has 2 aromatic heterocycles. The van der Waals surface area contributed by atoms with E-state index in [1.807, 2.05) is 40.0 Å². The fraction of sp³-hybridized carbons (Fsp3) is 0.105. The van der Waals surface area contributed by atoms with E-state index >= 15 is 0 Å². The molecule has 5 rings (SSSR count). The smallest absolute Gasteiger partial charge is 0.256 e. The van der Waals surface area contributed by atoms with Crippen LogP contribution in [0.3, 0.4) is 0 Å². The number of halogens is 1. The molecule has 1 unspecified atom stereocenters. The van der Waals surface area contributed by atoms with Crippen LogP contribution in [0.5, 0.6) is 0 Å². The molecule has 1 aliphatic heterocycles. The van der Waals surface area contributed by atoms with E-state index in [9.17, 15) is 0 Å². The molecule has 7 nitrogen and oxygen atoms in total. The molecule has 132 valence electrons. The van der Waals surface area contributed by atoms with Gasteiger partial charge in [-0.2, -0.15) is 4.68 Å². The van der Waals surface area contributed by atoms with E-state index in [4.69, 9.17) is 0 Å². The lowest BCUT2D eigenvalue weighted by molar-refractivity contribution is 0.557. The van der Waals surface area contributed by atoms with Crippen LogP contribution >= 0.6 is 15.9 Å². The molecule has 0 bridgehead atoms. The van der Waals surface area contributed by atoms with Crippen LogP contribution in [-0.2, 0) is 0 Å². The summed E-state index contributed by atoms with van der Waals surface area (Å²) in [5.74, 6) is 1.41. The molecule has 0 aliphatic carbocycles. The molecule has 4 aromatic rings. The number of fused-ring (bicyclic) bond motifs is 2. The first-order valence-electron chi connectivity index (χ1n) is 8.42. The van der Waals surface area contributed by atoms with Crippen molar-refractivity contribution in [3.8, 4) is 0 Å². The molecule has 1 aliphatic rings. The maximum absolute atomic E-state index is 4.58. The molecule has 0 radical (unpaired) electrons. The van der Waals surface area contributed by atoms with Crippen molar-refractivity contribution in [3.63, 3.8) is 0 Å². The highest BCUT2D eigenvalue weighted by Gasteiger charge is 2.36. The fourth-order valence-electron chi connectivity index (χ4n) is 3.41. The third-order valence-corrected chi connectivity index (χ3v) is 5.12. The molecule has 0 N–H and O–H groups in total. The molecule has 2 aromatic carbocycles. The van der Waals surface area contributed by atoms with Gasteiger partial charge in [0.1, 0.15) is 18.2 Å². The second-order valence-corrected chi connectivity index (χ2v) is 7.27. The molecule has 8 heteroatoms. The summed E-state index contributed by atoms with van der Waals surface area (Å²) in [6, 6.07) is 16.1. The third-order valence-electron chi connectivity index (χ3n) is 4.59. The van der Waals surface area contributed by atoms with Gasteiger partial charge in [-0.25, -0.2) is 9.97 Å². The highest BCUT2D eigenvalue weighted by atomic mass is 79.9. The minimum Gasteiger partial charge on any atom is -0.261 e. The molecule has 3 heterocycles. The standard InChI is InChI=1S/C19H14BrN7/c1-12-3-2-4-15(9-12)26-18-16(10-21-11-22-18)17(27-19(26)23-24-25-27)13-5-7-14(20)8-6-13/h2-11,17H,1H3. The molecule has 0 spiro atoms. The largest absolute Gasteiger partial charge is 0.261 e. The maximum atomic E-state index is 4.58.